The van der Waals surface area contributed by atoms with E-state index in [1.165, 1.54) is 0 Å². The molecule has 128 valence electrons. The number of carbonyl (C=O) groups excluding carboxylic acids is 1. The molecule has 0 spiro atoms. The molecule has 0 aliphatic heterocycles. The van der Waals surface area contributed by atoms with Crippen LogP contribution in [-0.2, 0) is 10.2 Å². The van der Waals surface area contributed by atoms with Crippen molar-refractivity contribution in [3.63, 3.8) is 0 Å². The summed E-state index contributed by atoms with van der Waals surface area (Å²) in [6.07, 6.45) is 2.96. The second-order valence-electron chi connectivity index (χ2n) is 6.87. The predicted octanol–water partition coefficient (Wildman–Crippen LogP) is 4.92. The number of ketones is 1. The van der Waals surface area contributed by atoms with Crippen LogP contribution in [0.15, 0.2) is 18.2 Å². The number of hydrogen-bond donors (Lipinski definition) is 0. The van der Waals surface area contributed by atoms with Gasteiger partial charge in [-0.25, -0.2) is 0 Å². The minimum Gasteiger partial charge on any atom is -0.309 e. The van der Waals surface area contributed by atoms with E-state index >= 15 is 0 Å². The molecule has 0 heterocycles. The lowest BCUT2D eigenvalue weighted by Gasteiger charge is -2.41. The lowest BCUT2D eigenvalue weighted by molar-refractivity contribution is -0.125. The zero-order chi connectivity index (χ0) is 17.0. The number of rotatable bonds is 8. The highest BCUT2D eigenvalue weighted by atomic mass is 35.5. The van der Waals surface area contributed by atoms with Crippen molar-refractivity contribution in [3.8, 4) is 0 Å². The Kier molecular flexibility index (Phi) is 6.85. The van der Waals surface area contributed by atoms with E-state index < -0.39 is 0 Å². The predicted molar refractivity (Wildman–Crippen MR) is 102 cm³/mol. The van der Waals surface area contributed by atoms with Crippen LogP contribution in [0.4, 0.5) is 0 Å². The maximum Gasteiger partial charge on any atom is 0.153 e. The zero-order valence-corrected chi connectivity index (χ0v) is 16.4. The molecule has 1 aliphatic carbocycles. The Balaban J connectivity index is 1.97. The van der Waals surface area contributed by atoms with Crippen molar-refractivity contribution in [1.82, 2.24) is 4.90 Å². The molecule has 1 fully saturated rings. The molecule has 0 radical (unpaired) electrons. The molecule has 23 heavy (non-hydrogen) atoms. The average molecular weight is 374 g/mol. The second-order valence-corrected chi connectivity index (χ2v) is 8.71. The Morgan fingerprint density at radius 2 is 2.00 bits per heavy atom. The highest BCUT2D eigenvalue weighted by Gasteiger charge is 2.44. The number of nitrogens with zero attached hydrogens (tertiary/aromatic N) is 1. The molecular weight excluding hydrogens is 349 g/mol. The molecule has 0 saturated heterocycles. The molecule has 0 bridgehead atoms. The monoisotopic (exact) mass is 373 g/mol. The molecule has 1 aromatic carbocycles. The van der Waals surface area contributed by atoms with Gasteiger partial charge in [-0.15, -0.1) is 0 Å². The number of halogens is 2. The summed E-state index contributed by atoms with van der Waals surface area (Å²) >= 11 is 13.9. The summed E-state index contributed by atoms with van der Waals surface area (Å²) in [4.78, 5) is 15.0. The largest absolute Gasteiger partial charge is 0.309 e. The lowest BCUT2D eigenvalue weighted by atomic mass is 9.62. The van der Waals surface area contributed by atoms with Gasteiger partial charge in [0.1, 0.15) is 0 Å². The van der Waals surface area contributed by atoms with Gasteiger partial charge in [0.05, 0.1) is 21.2 Å². The lowest BCUT2D eigenvalue weighted by Crippen LogP contribution is -2.43. The van der Waals surface area contributed by atoms with Crippen molar-refractivity contribution < 1.29 is 4.79 Å². The van der Waals surface area contributed by atoms with Gasteiger partial charge in [0.2, 0.25) is 0 Å². The summed E-state index contributed by atoms with van der Waals surface area (Å²) < 4.78 is 0. The Hall–Kier alpha value is -0.220. The van der Waals surface area contributed by atoms with E-state index in [0.29, 0.717) is 27.5 Å². The summed E-state index contributed by atoms with van der Waals surface area (Å²) in [6, 6.07) is 5.64. The van der Waals surface area contributed by atoms with E-state index in [4.69, 9.17) is 23.2 Å². The van der Waals surface area contributed by atoms with Crippen molar-refractivity contribution in [3.05, 3.63) is 33.8 Å². The Morgan fingerprint density at radius 3 is 2.52 bits per heavy atom. The van der Waals surface area contributed by atoms with Crippen LogP contribution in [0.25, 0.3) is 0 Å². The fourth-order valence-electron chi connectivity index (χ4n) is 3.22. The number of benzene rings is 1. The van der Waals surface area contributed by atoms with Crippen LogP contribution in [0.3, 0.4) is 0 Å². The standard InChI is InChI=1S/C18H25Cl2NOS/c1-13(10-21(2)3)11-23-12-17(22)18(7-4-8-18)14-5-6-15(19)16(20)9-14/h5-6,9,13H,4,7-8,10-12H2,1-3H3. The first-order valence-electron chi connectivity index (χ1n) is 8.06. The minimum absolute atomic E-state index is 0.327. The third-order valence-corrected chi connectivity index (χ3v) is 6.54. The van der Waals surface area contributed by atoms with Crippen LogP contribution in [0.1, 0.15) is 31.7 Å². The number of Topliss-reactive ketones (excluding diaryl/α,β-unsaturated/α-hetero) is 1. The minimum atomic E-state index is -0.327. The maximum atomic E-state index is 12.8. The quantitative estimate of drug-likeness (QED) is 0.645. The molecule has 0 amide bonds. The fraction of sp³-hybridized carbons (Fsp3) is 0.611. The third kappa shape index (κ3) is 4.66. The summed E-state index contributed by atoms with van der Waals surface area (Å²) in [5, 5.41) is 1.08. The van der Waals surface area contributed by atoms with E-state index in [1.54, 1.807) is 17.8 Å². The Bertz CT molecular complexity index is 558. The van der Waals surface area contributed by atoms with E-state index in [2.05, 4.69) is 25.9 Å². The topological polar surface area (TPSA) is 20.3 Å². The first kappa shape index (κ1) is 19.1. The van der Waals surface area contributed by atoms with Crippen LogP contribution in [0, 0.1) is 5.92 Å². The van der Waals surface area contributed by atoms with Gasteiger partial charge in [0.15, 0.2) is 5.78 Å². The molecule has 1 atom stereocenters. The molecule has 1 unspecified atom stereocenters. The van der Waals surface area contributed by atoms with Crippen LogP contribution in [0.2, 0.25) is 10.0 Å². The third-order valence-electron chi connectivity index (χ3n) is 4.53. The average Bonchev–Trinajstić information content (AvgIpc) is 2.40. The van der Waals surface area contributed by atoms with Gasteiger partial charge in [-0.2, -0.15) is 11.8 Å². The summed E-state index contributed by atoms with van der Waals surface area (Å²) in [7, 11) is 4.17. The fourth-order valence-corrected chi connectivity index (χ4v) is 4.61. The summed E-state index contributed by atoms with van der Waals surface area (Å²) in [5.74, 6) is 2.52. The van der Waals surface area contributed by atoms with Gasteiger partial charge < -0.3 is 4.90 Å². The van der Waals surface area contributed by atoms with Gasteiger partial charge in [0, 0.05) is 6.54 Å². The van der Waals surface area contributed by atoms with Crippen molar-refractivity contribution in [2.45, 2.75) is 31.6 Å². The van der Waals surface area contributed by atoms with Crippen molar-refractivity contribution in [1.29, 1.82) is 0 Å². The molecule has 0 N–H and O–H groups in total. The van der Waals surface area contributed by atoms with E-state index in [-0.39, 0.29) is 5.41 Å². The molecule has 2 nitrogen and oxygen atoms in total. The summed E-state index contributed by atoms with van der Waals surface area (Å²) in [6.45, 7) is 3.29. The van der Waals surface area contributed by atoms with Crippen LogP contribution in [-0.4, -0.2) is 42.8 Å². The first-order valence-corrected chi connectivity index (χ1v) is 9.97. The van der Waals surface area contributed by atoms with Crippen molar-refractivity contribution >= 4 is 40.7 Å². The maximum absolute atomic E-state index is 12.8. The molecular formula is C18H25Cl2NOS. The van der Waals surface area contributed by atoms with Gasteiger partial charge in [0.25, 0.3) is 0 Å². The van der Waals surface area contributed by atoms with E-state index in [0.717, 1.165) is 37.1 Å². The van der Waals surface area contributed by atoms with Crippen LogP contribution in [0.5, 0.6) is 0 Å². The summed E-state index contributed by atoms with van der Waals surface area (Å²) in [5.41, 5.74) is 0.705. The van der Waals surface area contributed by atoms with E-state index in [1.807, 2.05) is 12.1 Å². The highest BCUT2D eigenvalue weighted by molar-refractivity contribution is 7.99. The molecule has 0 aromatic heterocycles. The van der Waals surface area contributed by atoms with Crippen LogP contribution < -0.4 is 0 Å². The van der Waals surface area contributed by atoms with Crippen molar-refractivity contribution in [2.75, 3.05) is 32.1 Å². The highest BCUT2D eigenvalue weighted by Crippen LogP contribution is 2.46. The van der Waals surface area contributed by atoms with Gasteiger partial charge >= 0.3 is 0 Å². The normalized spacial score (nSPS) is 17.8. The van der Waals surface area contributed by atoms with Crippen molar-refractivity contribution in [2.24, 2.45) is 5.92 Å². The van der Waals surface area contributed by atoms with E-state index in [9.17, 15) is 4.79 Å². The van der Waals surface area contributed by atoms with Crippen LogP contribution >= 0.6 is 35.0 Å². The molecule has 5 heteroatoms. The molecule has 2 rings (SSSR count). The SMILES string of the molecule is CC(CSCC(=O)C1(c2ccc(Cl)c(Cl)c2)CCC1)CN(C)C. The number of carbonyl (C=O) groups is 1. The van der Waals surface area contributed by atoms with Gasteiger partial charge in [-0.05, 0) is 56.3 Å². The van der Waals surface area contributed by atoms with Gasteiger partial charge in [-0.1, -0.05) is 42.6 Å². The Labute approximate surface area is 153 Å². The molecule has 1 aromatic rings. The smallest absolute Gasteiger partial charge is 0.153 e. The Morgan fingerprint density at radius 1 is 1.30 bits per heavy atom. The molecule has 1 aliphatic rings. The number of thioether (sulfide) groups is 1. The zero-order valence-electron chi connectivity index (χ0n) is 14.1. The number of hydrogen-bond acceptors (Lipinski definition) is 3. The molecule has 1 saturated carbocycles. The van der Waals surface area contributed by atoms with Gasteiger partial charge in [-0.3, -0.25) is 4.79 Å². The first-order chi connectivity index (χ1) is 10.8. The second kappa shape index (κ2) is 8.24.